The number of amides is 1. The Labute approximate surface area is 93.1 Å². The summed E-state index contributed by atoms with van der Waals surface area (Å²) in [6.45, 7) is 0. The summed E-state index contributed by atoms with van der Waals surface area (Å²) in [6.07, 6.45) is -0.129. The standard InChI is InChI=1S/C12H13NO3/c14-10-6-5-9-7-3-1-2-4-8(7)11(10)13(9)12(15)16/h1-4,9-11,14H,5-6H2,(H,15,16). The summed E-state index contributed by atoms with van der Waals surface area (Å²) >= 11 is 0. The van der Waals surface area contributed by atoms with E-state index in [9.17, 15) is 15.0 Å². The molecule has 16 heavy (non-hydrogen) atoms. The van der Waals surface area contributed by atoms with Gasteiger partial charge >= 0.3 is 6.09 Å². The van der Waals surface area contributed by atoms with Crippen LogP contribution in [0.15, 0.2) is 24.3 Å². The zero-order chi connectivity index (χ0) is 11.3. The third kappa shape index (κ3) is 1.10. The van der Waals surface area contributed by atoms with Gasteiger partial charge in [0.25, 0.3) is 0 Å². The van der Waals surface area contributed by atoms with Crippen molar-refractivity contribution in [3.8, 4) is 0 Å². The Kier molecular flexibility index (Phi) is 1.94. The molecule has 0 aromatic heterocycles. The van der Waals surface area contributed by atoms with Crippen molar-refractivity contribution in [2.24, 2.45) is 0 Å². The van der Waals surface area contributed by atoms with Crippen LogP contribution in [-0.2, 0) is 0 Å². The molecule has 0 spiro atoms. The molecule has 0 radical (unpaired) electrons. The highest BCUT2D eigenvalue weighted by atomic mass is 16.4. The fourth-order valence-corrected chi connectivity index (χ4v) is 3.00. The first kappa shape index (κ1) is 9.66. The Bertz CT molecular complexity index is 446. The smallest absolute Gasteiger partial charge is 0.408 e. The van der Waals surface area contributed by atoms with Gasteiger partial charge in [0.15, 0.2) is 0 Å². The predicted octanol–water partition coefficient (Wildman–Crippen LogP) is 1.92. The quantitative estimate of drug-likeness (QED) is 0.700. The maximum Gasteiger partial charge on any atom is 0.408 e. The van der Waals surface area contributed by atoms with Gasteiger partial charge in [0, 0.05) is 0 Å². The summed E-state index contributed by atoms with van der Waals surface area (Å²) in [5, 5.41) is 19.2. The molecular weight excluding hydrogens is 206 g/mol. The van der Waals surface area contributed by atoms with E-state index in [-0.39, 0.29) is 12.1 Å². The topological polar surface area (TPSA) is 60.8 Å². The normalized spacial score (nSPS) is 31.3. The molecule has 2 bridgehead atoms. The van der Waals surface area contributed by atoms with Gasteiger partial charge in [-0.3, -0.25) is 4.90 Å². The fraction of sp³-hybridized carbons (Fsp3) is 0.417. The van der Waals surface area contributed by atoms with Gasteiger partial charge in [-0.2, -0.15) is 0 Å². The number of aliphatic hydroxyl groups is 1. The molecule has 2 aliphatic rings. The van der Waals surface area contributed by atoms with E-state index in [1.807, 2.05) is 24.3 Å². The molecule has 4 nitrogen and oxygen atoms in total. The number of aliphatic hydroxyl groups excluding tert-OH is 1. The van der Waals surface area contributed by atoms with Crippen molar-refractivity contribution in [3.63, 3.8) is 0 Å². The Balaban J connectivity index is 2.15. The molecule has 1 fully saturated rings. The number of fused-ring (bicyclic) bond motifs is 5. The second-order valence-electron chi connectivity index (χ2n) is 4.42. The molecule has 1 saturated heterocycles. The molecule has 2 N–H and O–H groups in total. The van der Waals surface area contributed by atoms with Crippen LogP contribution in [0.25, 0.3) is 0 Å². The van der Waals surface area contributed by atoms with Crippen LogP contribution in [0.2, 0.25) is 0 Å². The highest BCUT2D eigenvalue weighted by Crippen LogP contribution is 2.50. The molecule has 3 rings (SSSR count). The summed E-state index contributed by atoms with van der Waals surface area (Å²) < 4.78 is 0. The summed E-state index contributed by atoms with van der Waals surface area (Å²) in [5.74, 6) is 0. The SMILES string of the molecule is O=C(O)N1C2CCC(O)C1c1ccccc12. The van der Waals surface area contributed by atoms with Gasteiger partial charge in [-0.25, -0.2) is 4.79 Å². The van der Waals surface area contributed by atoms with E-state index in [1.54, 1.807) is 0 Å². The number of carboxylic acid groups (broad SMARTS) is 1. The summed E-state index contributed by atoms with van der Waals surface area (Å²) in [5.41, 5.74) is 2.03. The van der Waals surface area contributed by atoms with Crippen LogP contribution in [0.4, 0.5) is 4.79 Å². The van der Waals surface area contributed by atoms with Crippen LogP contribution >= 0.6 is 0 Å². The van der Waals surface area contributed by atoms with E-state index >= 15 is 0 Å². The Morgan fingerprint density at radius 2 is 1.94 bits per heavy atom. The van der Waals surface area contributed by atoms with Crippen molar-refractivity contribution < 1.29 is 15.0 Å². The van der Waals surface area contributed by atoms with Crippen LogP contribution in [0, 0.1) is 0 Å². The number of nitrogens with zero attached hydrogens (tertiary/aromatic N) is 1. The van der Waals surface area contributed by atoms with E-state index in [1.165, 1.54) is 4.90 Å². The lowest BCUT2D eigenvalue weighted by molar-refractivity contribution is 0.00130. The predicted molar refractivity (Wildman–Crippen MR) is 57.0 cm³/mol. The Morgan fingerprint density at radius 1 is 1.25 bits per heavy atom. The number of hydrogen-bond donors (Lipinski definition) is 2. The molecule has 3 atom stereocenters. The zero-order valence-electron chi connectivity index (χ0n) is 8.71. The minimum absolute atomic E-state index is 0.0675. The number of benzene rings is 1. The van der Waals surface area contributed by atoms with Crippen LogP contribution in [0.5, 0.6) is 0 Å². The number of rotatable bonds is 0. The lowest BCUT2D eigenvalue weighted by atomic mass is 9.98. The van der Waals surface area contributed by atoms with Gasteiger partial charge in [-0.05, 0) is 24.0 Å². The molecule has 2 aliphatic heterocycles. The van der Waals surface area contributed by atoms with Crippen molar-refractivity contribution in [2.45, 2.75) is 31.0 Å². The molecule has 0 aliphatic carbocycles. The maximum absolute atomic E-state index is 11.2. The van der Waals surface area contributed by atoms with E-state index in [4.69, 9.17) is 0 Å². The molecular formula is C12H13NO3. The number of hydrogen-bond acceptors (Lipinski definition) is 2. The summed E-state index contributed by atoms with van der Waals surface area (Å²) in [6, 6.07) is 7.27. The molecule has 1 aromatic rings. The highest BCUT2D eigenvalue weighted by Gasteiger charge is 2.47. The molecule has 3 unspecified atom stereocenters. The Hall–Kier alpha value is -1.55. The van der Waals surface area contributed by atoms with Gasteiger partial charge in [-0.15, -0.1) is 0 Å². The van der Waals surface area contributed by atoms with Gasteiger partial charge < -0.3 is 10.2 Å². The van der Waals surface area contributed by atoms with Crippen molar-refractivity contribution in [3.05, 3.63) is 35.4 Å². The largest absolute Gasteiger partial charge is 0.465 e. The molecule has 4 heteroatoms. The third-order valence-electron chi connectivity index (χ3n) is 3.63. The van der Waals surface area contributed by atoms with E-state index in [2.05, 4.69) is 0 Å². The lowest BCUT2D eigenvalue weighted by Crippen LogP contribution is -2.41. The zero-order valence-corrected chi connectivity index (χ0v) is 8.71. The highest BCUT2D eigenvalue weighted by molar-refractivity contribution is 5.69. The van der Waals surface area contributed by atoms with Crippen LogP contribution in [-0.4, -0.2) is 27.3 Å². The molecule has 0 saturated carbocycles. The van der Waals surface area contributed by atoms with Crippen molar-refractivity contribution >= 4 is 6.09 Å². The number of piperidine rings is 1. The molecule has 1 aromatic carbocycles. The number of carbonyl (C=O) groups is 1. The maximum atomic E-state index is 11.2. The first-order valence-corrected chi connectivity index (χ1v) is 5.48. The molecule has 84 valence electrons. The van der Waals surface area contributed by atoms with Crippen molar-refractivity contribution in [1.29, 1.82) is 0 Å². The van der Waals surface area contributed by atoms with Gasteiger partial charge in [0.1, 0.15) is 0 Å². The Morgan fingerprint density at radius 3 is 2.62 bits per heavy atom. The van der Waals surface area contributed by atoms with Crippen LogP contribution in [0.1, 0.15) is 36.1 Å². The van der Waals surface area contributed by atoms with E-state index in [0.29, 0.717) is 12.8 Å². The molecule has 1 amide bonds. The summed E-state index contributed by atoms with van der Waals surface area (Å²) in [4.78, 5) is 12.6. The van der Waals surface area contributed by atoms with Crippen molar-refractivity contribution in [2.75, 3.05) is 0 Å². The van der Waals surface area contributed by atoms with Crippen molar-refractivity contribution in [1.82, 2.24) is 4.90 Å². The van der Waals surface area contributed by atoms with Gasteiger partial charge in [0.05, 0.1) is 18.2 Å². The van der Waals surface area contributed by atoms with E-state index in [0.717, 1.165) is 11.1 Å². The van der Waals surface area contributed by atoms with Crippen LogP contribution < -0.4 is 0 Å². The first-order valence-electron chi connectivity index (χ1n) is 5.48. The fourth-order valence-electron chi connectivity index (χ4n) is 3.00. The minimum Gasteiger partial charge on any atom is -0.465 e. The lowest BCUT2D eigenvalue weighted by Gasteiger charge is -2.36. The van der Waals surface area contributed by atoms with Gasteiger partial charge in [-0.1, -0.05) is 24.3 Å². The van der Waals surface area contributed by atoms with Gasteiger partial charge in [0.2, 0.25) is 0 Å². The average Bonchev–Trinajstić information content (AvgIpc) is 2.54. The van der Waals surface area contributed by atoms with E-state index < -0.39 is 12.2 Å². The molecule has 2 heterocycles. The monoisotopic (exact) mass is 219 g/mol. The third-order valence-corrected chi connectivity index (χ3v) is 3.63. The summed E-state index contributed by atoms with van der Waals surface area (Å²) in [7, 11) is 0. The average molecular weight is 219 g/mol. The first-order chi connectivity index (χ1) is 7.70. The second kappa shape index (κ2) is 3.22. The minimum atomic E-state index is -0.940. The second-order valence-corrected chi connectivity index (χ2v) is 4.42. The van der Waals surface area contributed by atoms with Crippen LogP contribution in [0.3, 0.4) is 0 Å².